The van der Waals surface area contributed by atoms with Gasteiger partial charge in [0.25, 0.3) is 0 Å². The summed E-state index contributed by atoms with van der Waals surface area (Å²) in [5.74, 6) is 0.883. The first kappa shape index (κ1) is 15.8. The lowest BCUT2D eigenvalue weighted by atomic mass is 10.0. The number of likely N-dealkylation sites (N-methyl/N-ethyl adjacent to an activating group) is 1. The van der Waals surface area contributed by atoms with Gasteiger partial charge in [-0.25, -0.2) is 0 Å². The third kappa shape index (κ3) is 3.49. The van der Waals surface area contributed by atoms with Crippen molar-refractivity contribution in [3.63, 3.8) is 0 Å². The molecule has 3 rings (SSSR count). The second kappa shape index (κ2) is 7.02. The highest BCUT2D eigenvalue weighted by atomic mass is 16.5. The summed E-state index contributed by atoms with van der Waals surface area (Å²) in [6.45, 7) is 3.46. The maximum atomic E-state index is 10.8. The normalized spacial score (nSPS) is 16.4. The van der Waals surface area contributed by atoms with Gasteiger partial charge in [-0.2, -0.15) is 0 Å². The molecule has 0 fully saturated rings. The third-order valence-corrected chi connectivity index (χ3v) is 4.30. The average molecular weight is 312 g/mol. The van der Waals surface area contributed by atoms with E-state index in [2.05, 4.69) is 29.3 Å². The van der Waals surface area contributed by atoms with Crippen LogP contribution >= 0.6 is 0 Å². The third-order valence-electron chi connectivity index (χ3n) is 4.30. The van der Waals surface area contributed by atoms with Gasteiger partial charge in [0, 0.05) is 6.42 Å². The van der Waals surface area contributed by atoms with E-state index in [4.69, 9.17) is 4.74 Å². The molecule has 2 unspecified atom stereocenters. The van der Waals surface area contributed by atoms with Crippen LogP contribution in [0, 0.1) is 6.92 Å². The molecule has 2 N–H and O–H groups in total. The molecule has 0 aromatic heterocycles. The second-order valence-corrected chi connectivity index (χ2v) is 6.00. The molecule has 0 saturated heterocycles. The lowest BCUT2D eigenvalue weighted by Crippen LogP contribution is -2.55. The number of nitrogens with zero attached hydrogens (tertiary/aromatic N) is 1. The van der Waals surface area contributed by atoms with Gasteiger partial charge in [0.2, 0.25) is 0 Å². The van der Waals surface area contributed by atoms with Gasteiger partial charge in [-0.1, -0.05) is 36.4 Å². The van der Waals surface area contributed by atoms with Crippen LogP contribution < -0.4 is 15.0 Å². The van der Waals surface area contributed by atoms with Crippen LogP contribution in [0.5, 0.6) is 5.75 Å². The number of aliphatic hydroxyl groups is 1. The van der Waals surface area contributed by atoms with E-state index in [0.29, 0.717) is 13.0 Å². The van der Waals surface area contributed by atoms with E-state index in [1.165, 1.54) is 5.56 Å². The number of benzene rings is 2. The quantitative estimate of drug-likeness (QED) is 0.889. The zero-order chi connectivity index (χ0) is 16.2. The van der Waals surface area contributed by atoms with Gasteiger partial charge >= 0.3 is 0 Å². The lowest BCUT2D eigenvalue weighted by Gasteiger charge is -2.39. The zero-order valence-corrected chi connectivity index (χ0v) is 13.7. The van der Waals surface area contributed by atoms with Crippen LogP contribution in [-0.2, 0) is 6.42 Å². The Bertz CT molecular complexity index is 645. The largest absolute Gasteiger partial charge is 0.490 e. The van der Waals surface area contributed by atoms with Crippen LogP contribution in [0.25, 0.3) is 0 Å². The molecule has 0 spiro atoms. The summed E-state index contributed by atoms with van der Waals surface area (Å²) in [5.41, 5.74) is 3.37. The molecule has 2 aromatic rings. The van der Waals surface area contributed by atoms with Gasteiger partial charge in [0.15, 0.2) is 0 Å². The highest BCUT2D eigenvalue weighted by molar-refractivity contribution is 5.62. The maximum Gasteiger partial charge on any atom is 0.142 e. The molecule has 1 aliphatic rings. The predicted octanol–water partition coefficient (Wildman–Crippen LogP) is 2.34. The fourth-order valence-electron chi connectivity index (χ4n) is 3.16. The summed E-state index contributed by atoms with van der Waals surface area (Å²) in [4.78, 5) is 2.21. The minimum atomic E-state index is -0.506. The summed E-state index contributed by atoms with van der Waals surface area (Å²) >= 11 is 0. The summed E-state index contributed by atoms with van der Waals surface area (Å²) in [6.07, 6.45) is -0.0429. The van der Waals surface area contributed by atoms with E-state index in [1.807, 2.05) is 43.4 Å². The number of ether oxygens (including phenoxy) is 1. The number of hydrogen-bond donors (Lipinski definition) is 2. The standard InChI is InChI=1S/C19H24N2O2/c1-14-8-9-18-16(12-14)21(10-11-23-18)19(20-2)17(22)13-15-6-4-3-5-7-15/h3-9,12,17,19-20,22H,10-11,13H2,1-2H3. The van der Waals surface area contributed by atoms with Crippen LogP contribution in [-0.4, -0.2) is 37.6 Å². The van der Waals surface area contributed by atoms with Crippen molar-refractivity contribution in [2.24, 2.45) is 0 Å². The van der Waals surface area contributed by atoms with Gasteiger partial charge in [-0.3, -0.25) is 5.32 Å². The molecule has 0 aliphatic carbocycles. The molecule has 0 bridgehead atoms. The molecular formula is C19H24N2O2. The van der Waals surface area contributed by atoms with Crippen LogP contribution in [0.15, 0.2) is 48.5 Å². The molecule has 0 saturated carbocycles. The maximum absolute atomic E-state index is 10.8. The number of nitrogens with one attached hydrogen (secondary N) is 1. The first-order chi connectivity index (χ1) is 11.2. The first-order valence-electron chi connectivity index (χ1n) is 8.08. The van der Waals surface area contributed by atoms with Crippen molar-refractivity contribution in [1.29, 1.82) is 0 Å². The summed E-state index contributed by atoms with van der Waals surface area (Å²) in [6, 6.07) is 16.3. The smallest absolute Gasteiger partial charge is 0.142 e. The van der Waals surface area contributed by atoms with E-state index in [9.17, 15) is 5.11 Å². The minimum Gasteiger partial charge on any atom is -0.490 e. The van der Waals surface area contributed by atoms with Crippen LogP contribution in [0.4, 0.5) is 5.69 Å². The van der Waals surface area contributed by atoms with Crippen LogP contribution in [0.3, 0.4) is 0 Å². The molecule has 1 heterocycles. The number of aliphatic hydroxyl groups excluding tert-OH is 1. The molecule has 0 amide bonds. The monoisotopic (exact) mass is 312 g/mol. The minimum absolute atomic E-state index is 0.153. The van der Waals surface area contributed by atoms with Gasteiger partial charge in [-0.05, 0) is 37.2 Å². The fraction of sp³-hybridized carbons (Fsp3) is 0.368. The first-order valence-corrected chi connectivity index (χ1v) is 8.08. The van der Waals surface area contributed by atoms with E-state index in [0.717, 1.165) is 23.5 Å². The van der Waals surface area contributed by atoms with Crippen molar-refractivity contribution in [1.82, 2.24) is 5.32 Å². The number of aryl methyl sites for hydroxylation is 1. The fourth-order valence-corrected chi connectivity index (χ4v) is 3.16. The number of rotatable bonds is 5. The Labute approximate surface area is 137 Å². The lowest BCUT2D eigenvalue weighted by molar-refractivity contribution is 0.124. The Balaban J connectivity index is 1.83. The highest BCUT2D eigenvalue weighted by Gasteiger charge is 2.29. The second-order valence-electron chi connectivity index (χ2n) is 6.00. The average Bonchev–Trinajstić information content (AvgIpc) is 2.57. The van der Waals surface area contributed by atoms with E-state index in [-0.39, 0.29) is 6.17 Å². The topological polar surface area (TPSA) is 44.7 Å². The van der Waals surface area contributed by atoms with Crippen molar-refractivity contribution >= 4 is 5.69 Å². The summed E-state index contributed by atoms with van der Waals surface area (Å²) in [5, 5.41) is 14.0. The van der Waals surface area contributed by atoms with Gasteiger partial charge < -0.3 is 14.7 Å². The van der Waals surface area contributed by atoms with Crippen molar-refractivity contribution in [2.45, 2.75) is 25.6 Å². The van der Waals surface area contributed by atoms with E-state index in [1.54, 1.807) is 0 Å². The van der Waals surface area contributed by atoms with Crippen LogP contribution in [0.1, 0.15) is 11.1 Å². The molecule has 2 atom stereocenters. The highest BCUT2D eigenvalue weighted by Crippen LogP contribution is 2.34. The Kier molecular flexibility index (Phi) is 4.84. The molecule has 2 aromatic carbocycles. The van der Waals surface area contributed by atoms with Gasteiger partial charge in [0.1, 0.15) is 18.5 Å². The van der Waals surface area contributed by atoms with Gasteiger partial charge in [0.05, 0.1) is 18.3 Å². The number of anilines is 1. The van der Waals surface area contributed by atoms with Crippen molar-refractivity contribution < 1.29 is 9.84 Å². The Morgan fingerprint density at radius 2 is 2.00 bits per heavy atom. The van der Waals surface area contributed by atoms with Crippen molar-refractivity contribution in [2.75, 3.05) is 25.1 Å². The molecule has 4 heteroatoms. The molecule has 0 radical (unpaired) electrons. The van der Waals surface area contributed by atoms with Crippen molar-refractivity contribution in [3.8, 4) is 5.75 Å². The zero-order valence-electron chi connectivity index (χ0n) is 13.7. The molecule has 23 heavy (non-hydrogen) atoms. The summed E-state index contributed by atoms with van der Waals surface area (Å²) in [7, 11) is 1.89. The number of hydrogen-bond acceptors (Lipinski definition) is 4. The number of fused-ring (bicyclic) bond motifs is 1. The Hall–Kier alpha value is -2.04. The van der Waals surface area contributed by atoms with Gasteiger partial charge in [-0.15, -0.1) is 0 Å². The molecule has 4 nitrogen and oxygen atoms in total. The van der Waals surface area contributed by atoms with Crippen molar-refractivity contribution in [3.05, 3.63) is 59.7 Å². The molecular weight excluding hydrogens is 288 g/mol. The van der Waals surface area contributed by atoms with Crippen LogP contribution in [0.2, 0.25) is 0 Å². The van der Waals surface area contributed by atoms with E-state index < -0.39 is 6.10 Å². The molecule has 1 aliphatic heterocycles. The Morgan fingerprint density at radius 3 is 2.74 bits per heavy atom. The SMILES string of the molecule is CNC(C(O)Cc1ccccc1)N1CCOc2ccc(C)cc21. The van der Waals surface area contributed by atoms with E-state index >= 15 is 0 Å². The Morgan fingerprint density at radius 1 is 1.22 bits per heavy atom. The predicted molar refractivity (Wildman–Crippen MR) is 93.0 cm³/mol. The summed E-state index contributed by atoms with van der Waals surface area (Å²) < 4.78 is 5.75. The molecule has 122 valence electrons.